The van der Waals surface area contributed by atoms with Gasteiger partial charge in [-0.05, 0) is 36.6 Å². The predicted molar refractivity (Wildman–Crippen MR) is 65.3 cm³/mol. The summed E-state index contributed by atoms with van der Waals surface area (Å²) in [5, 5.41) is 3.41. The Bertz CT molecular complexity index is 310. The minimum Gasteiger partial charge on any atom is -0.310 e. The van der Waals surface area contributed by atoms with E-state index in [2.05, 4.69) is 35.1 Å². The molecule has 1 aromatic rings. The maximum Gasteiger partial charge on any atom is 0.123 e. The summed E-state index contributed by atoms with van der Waals surface area (Å²) in [5.41, 5.74) is 0.974. The SMILES string of the molecule is CCC(CC)NCc1cc(F)ccc1Br. The van der Waals surface area contributed by atoms with Crippen LogP contribution in [-0.4, -0.2) is 6.04 Å². The highest BCUT2D eigenvalue weighted by molar-refractivity contribution is 9.10. The monoisotopic (exact) mass is 273 g/mol. The third kappa shape index (κ3) is 3.92. The Kier molecular flexibility index (Phi) is 5.26. The number of halogens is 2. The Morgan fingerprint density at radius 1 is 1.33 bits per heavy atom. The molecule has 0 radical (unpaired) electrons. The van der Waals surface area contributed by atoms with Gasteiger partial charge in [0, 0.05) is 17.1 Å². The molecule has 0 fully saturated rings. The molecule has 0 atom stereocenters. The standard InChI is InChI=1S/C12H17BrFN/c1-3-11(4-2)15-8-9-7-10(14)5-6-12(9)13/h5-7,11,15H,3-4,8H2,1-2H3. The molecule has 0 aliphatic rings. The van der Waals surface area contributed by atoms with Crippen LogP contribution >= 0.6 is 15.9 Å². The molecular formula is C12H17BrFN. The molecular weight excluding hydrogens is 257 g/mol. The molecule has 84 valence electrons. The highest BCUT2D eigenvalue weighted by atomic mass is 79.9. The van der Waals surface area contributed by atoms with Crippen LogP contribution < -0.4 is 5.32 Å². The van der Waals surface area contributed by atoms with Crippen molar-refractivity contribution < 1.29 is 4.39 Å². The van der Waals surface area contributed by atoms with Crippen molar-refractivity contribution in [1.29, 1.82) is 0 Å². The zero-order valence-electron chi connectivity index (χ0n) is 9.19. The van der Waals surface area contributed by atoms with Crippen LogP contribution in [0.15, 0.2) is 22.7 Å². The van der Waals surface area contributed by atoms with E-state index in [-0.39, 0.29) is 5.82 Å². The lowest BCUT2D eigenvalue weighted by Crippen LogP contribution is -2.27. The van der Waals surface area contributed by atoms with Crippen molar-refractivity contribution in [3.05, 3.63) is 34.1 Å². The van der Waals surface area contributed by atoms with Crippen molar-refractivity contribution in [2.75, 3.05) is 0 Å². The molecule has 1 N–H and O–H groups in total. The van der Waals surface area contributed by atoms with Gasteiger partial charge in [-0.1, -0.05) is 29.8 Å². The largest absolute Gasteiger partial charge is 0.310 e. The maximum absolute atomic E-state index is 13.0. The van der Waals surface area contributed by atoms with Crippen molar-refractivity contribution in [2.45, 2.75) is 39.3 Å². The topological polar surface area (TPSA) is 12.0 Å². The zero-order chi connectivity index (χ0) is 11.3. The quantitative estimate of drug-likeness (QED) is 0.859. The minimum absolute atomic E-state index is 0.181. The van der Waals surface area contributed by atoms with Gasteiger partial charge in [0.15, 0.2) is 0 Å². The molecule has 0 unspecified atom stereocenters. The molecule has 3 heteroatoms. The third-order valence-electron chi connectivity index (χ3n) is 2.57. The molecule has 1 nitrogen and oxygen atoms in total. The molecule has 0 heterocycles. The number of hydrogen-bond donors (Lipinski definition) is 1. The first-order valence-corrected chi connectivity index (χ1v) is 6.14. The fourth-order valence-electron chi connectivity index (χ4n) is 1.51. The summed E-state index contributed by atoms with van der Waals surface area (Å²) in [6.07, 6.45) is 2.20. The van der Waals surface area contributed by atoms with Gasteiger partial charge >= 0.3 is 0 Å². The number of benzene rings is 1. The Morgan fingerprint density at radius 3 is 2.60 bits per heavy atom. The minimum atomic E-state index is -0.181. The fourth-order valence-corrected chi connectivity index (χ4v) is 1.90. The van der Waals surface area contributed by atoms with E-state index in [0.717, 1.165) is 22.9 Å². The van der Waals surface area contributed by atoms with Gasteiger partial charge < -0.3 is 5.32 Å². The van der Waals surface area contributed by atoms with E-state index in [4.69, 9.17) is 0 Å². The van der Waals surface area contributed by atoms with Crippen molar-refractivity contribution in [2.24, 2.45) is 0 Å². The van der Waals surface area contributed by atoms with E-state index in [0.29, 0.717) is 12.6 Å². The molecule has 15 heavy (non-hydrogen) atoms. The summed E-state index contributed by atoms with van der Waals surface area (Å²) in [5.74, 6) is -0.181. The lowest BCUT2D eigenvalue weighted by molar-refractivity contribution is 0.482. The molecule has 0 amide bonds. The molecule has 0 aromatic heterocycles. The molecule has 1 aromatic carbocycles. The van der Waals surface area contributed by atoms with Gasteiger partial charge in [0.2, 0.25) is 0 Å². The van der Waals surface area contributed by atoms with Gasteiger partial charge in [-0.15, -0.1) is 0 Å². The molecule has 0 spiro atoms. The first kappa shape index (κ1) is 12.7. The van der Waals surface area contributed by atoms with Crippen molar-refractivity contribution >= 4 is 15.9 Å². The summed E-state index contributed by atoms with van der Waals surface area (Å²) < 4.78 is 13.9. The second-order valence-corrected chi connectivity index (χ2v) is 4.48. The van der Waals surface area contributed by atoms with Gasteiger partial charge in [-0.25, -0.2) is 4.39 Å². The van der Waals surface area contributed by atoms with Crippen LogP contribution in [-0.2, 0) is 6.54 Å². The predicted octanol–water partition coefficient (Wildman–Crippen LogP) is 3.87. The van der Waals surface area contributed by atoms with E-state index < -0.39 is 0 Å². The van der Waals surface area contributed by atoms with Crippen LogP contribution in [0.5, 0.6) is 0 Å². The van der Waals surface area contributed by atoms with E-state index in [1.54, 1.807) is 12.1 Å². The maximum atomic E-state index is 13.0. The van der Waals surface area contributed by atoms with E-state index in [1.807, 2.05) is 0 Å². The summed E-state index contributed by atoms with van der Waals surface area (Å²) in [6.45, 7) is 5.02. The first-order valence-electron chi connectivity index (χ1n) is 5.34. The summed E-state index contributed by atoms with van der Waals surface area (Å²) in [7, 11) is 0. The second kappa shape index (κ2) is 6.23. The second-order valence-electron chi connectivity index (χ2n) is 3.63. The van der Waals surface area contributed by atoms with E-state index in [9.17, 15) is 4.39 Å². The number of hydrogen-bond acceptors (Lipinski definition) is 1. The van der Waals surface area contributed by atoms with Crippen LogP contribution in [0, 0.1) is 5.82 Å². The molecule has 0 saturated carbocycles. The molecule has 0 aliphatic carbocycles. The Labute approximate surface area is 99.2 Å². The number of rotatable bonds is 5. The molecule has 0 aliphatic heterocycles. The smallest absolute Gasteiger partial charge is 0.123 e. The van der Waals surface area contributed by atoms with Gasteiger partial charge in [-0.2, -0.15) is 0 Å². The lowest BCUT2D eigenvalue weighted by Gasteiger charge is -2.15. The van der Waals surface area contributed by atoms with Crippen LogP contribution in [0.3, 0.4) is 0 Å². The van der Waals surface area contributed by atoms with Gasteiger partial charge in [0.05, 0.1) is 0 Å². The van der Waals surface area contributed by atoms with E-state index in [1.165, 1.54) is 6.07 Å². The molecule has 0 saturated heterocycles. The Hall–Kier alpha value is -0.410. The van der Waals surface area contributed by atoms with Gasteiger partial charge in [0.25, 0.3) is 0 Å². The molecule has 1 rings (SSSR count). The lowest BCUT2D eigenvalue weighted by atomic mass is 10.1. The Balaban J connectivity index is 2.60. The summed E-state index contributed by atoms with van der Waals surface area (Å²) in [4.78, 5) is 0. The first-order chi connectivity index (χ1) is 7.17. The average Bonchev–Trinajstić information content (AvgIpc) is 2.24. The highest BCUT2D eigenvalue weighted by Crippen LogP contribution is 2.17. The highest BCUT2D eigenvalue weighted by Gasteiger charge is 2.05. The van der Waals surface area contributed by atoms with Crippen molar-refractivity contribution in [3.8, 4) is 0 Å². The van der Waals surface area contributed by atoms with Crippen LogP contribution in [0.4, 0.5) is 4.39 Å². The van der Waals surface area contributed by atoms with Gasteiger partial charge in [0.1, 0.15) is 5.82 Å². The van der Waals surface area contributed by atoms with E-state index >= 15 is 0 Å². The normalized spacial score (nSPS) is 11.0. The van der Waals surface area contributed by atoms with Crippen molar-refractivity contribution in [3.63, 3.8) is 0 Å². The van der Waals surface area contributed by atoms with Crippen LogP contribution in [0.1, 0.15) is 32.3 Å². The van der Waals surface area contributed by atoms with Crippen LogP contribution in [0.25, 0.3) is 0 Å². The Morgan fingerprint density at radius 2 is 2.00 bits per heavy atom. The summed E-state index contributed by atoms with van der Waals surface area (Å²) >= 11 is 3.42. The molecule has 0 bridgehead atoms. The number of nitrogens with one attached hydrogen (secondary N) is 1. The van der Waals surface area contributed by atoms with Crippen LogP contribution in [0.2, 0.25) is 0 Å². The fraction of sp³-hybridized carbons (Fsp3) is 0.500. The third-order valence-corrected chi connectivity index (χ3v) is 3.35. The average molecular weight is 274 g/mol. The zero-order valence-corrected chi connectivity index (χ0v) is 10.8. The summed E-state index contributed by atoms with van der Waals surface area (Å²) in [6, 6.07) is 5.30. The van der Waals surface area contributed by atoms with Crippen molar-refractivity contribution in [1.82, 2.24) is 5.32 Å². The van der Waals surface area contributed by atoms with Gasteiger partial charge in [-0.3, -0.25) is 0 Å².